The first kappa shape index (κ1) is 14.8. The third-order valence-electron chi connectivity index (χ3n) is 3.18. The highest BCUT2D eigenvalue weighted by molar-refractivity contribution is 7.92. The van der Waals surface area contributed by atoms with E-state index < -0.39 is 25.9 Å². The third-order valence-corrected chi connectivity index (χ3v) is 7.15. The van der Waals surface area contributed by atoms with Crippen molar-refractivity contribution in [1.29, 1.82) is 0 Å². The Morgan fingerprint density at radius 3 is 2.79 bits per heavy atom. The molecule has 1 N–H and O–H groups in total. The van der Waals surface area contributed by atoms with Crippen LogP contribution in [0, 0.1) is 0 Å². The quantitative estimate of drug-likeness (QED) is 0.782. The Kier molecular flexibility index (Phi) is 3.92. The van der Waals surface area contributed by atoms with Crippen molar-refractivity contribution in [3.63, 3.8) is 0 Å². The van der Waals surface area contributed by atoms with Gasteiger partial charge in [0, 0.05) is 18.7 Å². The van der Waals surface area contributed by atoms with Crippen LogP contribution in [0.4, 0.5) is 0 Å². The molecule has 1 unspecified atom stereocenters. The Balaban J connectivity index is 2.30. The van der Waals surface area contributed by atoms with Gasteiger partial charge in [-0.25, -0.2) is 16.8 Å². The van der Waals surface area contributed by atoms with Crippen molar-refractivity contribution in [3.05, 3.63) is 11.8 Å². The summed E-state index contributed by atoms with van der Waals surface area (Å²) in [6, 6.07) is -0.540. The van der Waals surface area contributed by atoms with Crippen LogP contribution >= 0.6 is 11.6 Å². The molecule has 1 aliphatic heterocycles. The number of aromatic nitrogens is 2. The maximum atomic E-state index is 12.4. The van der Waals surface area contributed by atoms with Gasteiger partial charge in [0.15, 0.2) is 14.9 Å². The van der Waals surface area contributed by atoms with Crippen LogP contribution in [0.2, 0.25) is 0 Å². The molecule has 1 aliphatic rings. The molecular weight excluding hydrogens is 314 g/mol. The van der Waals surface area contributed by atoms with E-state index in [0.29, 0.717) is 12.0 Å². The highest BCUT2D eigenvalue weighted by atomic mass is 35.5. The fourth-order valence-electron chi connectivity index (χ4n) is 2.02. The molecule has 0 radical (unpaired) electrons. The number of halogens is 1. The first-order valence-electron chi connectivity index (χ1n) is 5.54. The summed E-state index contributed by atoms with van der Waals surface area (Å²) < 4.78 is 48.7. The summed E-state index contributed by atoms with van der Waals surface area (Å²) >= 11 is 5.65. The average molecular weight is 328 g/mol. The largest absolute Gasteiger partial charge is 0.266 e. The predicted molar refractivity (Wildman–Crippen MR) is 70.2 cm³/mol. The Bertz CT molecular complexity index is 667. The molecule has 1 atom stereocenters. The van der Waals surface area contributed by atoms with Crippen LogP contribution in [0.15, 0.2) is 11.2 Å². The number of sulfone groups is 1. The van der Waals surface area contributed by atoms with E-state index in [1.54, 1.807) is 0 Å². The SMILES string of the molecule is CN(C1CCS(=O)(=O)C1)S(=O)(=O)c1[nH]ncc1CCl. The molecule has 0 bridgehead atoms. The van der Waals surface area contributed by atoms with E-state index in [1.807, 2.05) is 0 Å². The molecule has 2 rings (SSSR count). The summed E-state index contributed by atoms with van der Waals surface area (Å²) in [5.41, 5.74) is 0.370. The molecule has 1 saturated heterocycles. The van der Waals surface area contributed by atoms with Gasteiger partial charge in [-0.15, -0.1) is 11.6 Å². The number of sulfonamides is 1. The second-order valence-electron chi connectivity index (χ2n) is 4.44. The Morgan fingerprint density at radius 1 is 1.58 bits per heavy atom. The van der Waals surface area contributed by atoms with Gasteiger partial charge < -0.3 is 0 Å². The van der Waals surface area contributed by atoms with Gasteiger partial charge in [-0.05, 0) is 6.42 Å². The summed E-state index contributed by atoms with van der Waals surface area (Å²) in [6.07, 6.45) is 1.65. The van der Waals surface area contributed by atoms with Crippen LogP contribution in [0.25, 0.3) is 0 Å². The summed E-state index contributed by atoms with van der Waals surface area (Å²) in [5.74, 6) is -0.113. The van der Waals surface area contributed by atoms with Crippen molar-refractivity contribution < 1.29 is 16.8 Å². The molecule has 0 aliphatic carbocycles. The number of nitrogens with zero attached hydrogens (tertiary/aromatic N) is 2. The third kappa shape index (κ3) is 2.78. The molecule has 0 spiro atoms. The molecular formula is C9H14ClN3O4S2. The molecule has 1 fully saturated rings. The molecule has 0 saturated carbocycles. The highest BCUT2D eigenvalue weighted by Gasteiger charge is 2.37. The van der Waals surface area contributed by atoms with Crippen molar-refractivity contribution in [2.75, 3.05) is 18.6 Å². The monoisotopic (exact) mass is 327 g/mol. The molecule has 1 aromatic rings. The molecule has 10 heteroatoms. The minimum absolute atomic E-state index is 0.0157. The van der Waals surface area contributed by atoms with Gasteiger partial charge in [0.2, 0.25) is 0 Å². The zero-order valence-electron chi connectivity index (χ0n) is 10.2. The van der Waals surface area contributed by atoms with Crippen molar-refractivity contribution >= 4 is 31.5 Å². The van der Waals surface area contributed by atoms with Gasteiger partial charge >= 0.3 is 0 Å². The van der Waals surface area contributed by atoms with E-state index in [2.05, 4.69) is 10.2 Å². The van der Waals surface area contributed by atoms with Crippen molar-refractivity contribution in [3.8, 4) is 0 Å². The van der Waals surface area contributed by atoms with E-state index in [0.717, 1.165) is 4.31 Å². The topological polar surface area (TPSA) is 100 Å². The number of H-pyrrole nitrogens is 1. The van der Waals surface area contributed by atoms with Crippen molar-refractivity contribution in [2.24, 2.45) is 0 Å². The average Bonchev–Trinajstić information content (AvgIpc) is 2.94. The zero-order chi connectivity index (χ0) is 14.3. The van der Waals surface area contributed by atoms with Crippen LogP contribution < -0.4 is 0 Å². The van der Waals surface area contributed by atoms with Crippen LogP contribution in [-0.2, 0) is 25.7 Å². The first-order chi connectivity index (χ1) is 8.78. The second kappa shape index (κ2) is 5.04. The van der Waals surface area contributed by atoms with Gasteiger partial charge in [-0.3, -0.25) is 5.10 Å². The summed E-state index contributed by atoms with van der Waals surface area (Å²) in [7, 11) is -5.57. The second-order valence-corrected chi connectivity index (χ2v) is 8.87. The predicted octanol–water partition coefficient (Wildman–Crippen LogP) is -0.0439. The van der Waals surface area contributed by atoms with Gasteiger partial charge in [-0.1, -0.05) is 0 Å². The highest BCUT2D eigenvalue weighted by Crippen LogP contribution is 2.24. The normalized spacial score (nSPS) is 23.0. The fourth-order valence-corrected chi connectivity index (χ4v) is 5.66. The lowest BCUT2D eigenvalue weighted by atomic mass is 10.3. The summed E-state index contributed by atoms with van der Waals surface area (Å²) in [5, 5.41) is 6.00. The van der Waals surface area contributed by atoms with Crippen LogP contribution in [0.5, 0.6) is 0 Å². The van der Waals surface area contributed by atoms with E-state index in [9.17, 15) is 16.8 Å². The van der Waals surface area contributed by atoms with E-state index in [-0.39, 0.29) is 22.4 Å². The summed E-state index contributed by atoms with van der Waals surface area (Å²) in [4.78, 5) is 0. The molecule has 1 aromatic heterocycles. The van der Waals surface area contributed by atoms with Crippen molar-refractivity contribution in [2.45, 2.75) is 23.4 Å². The number of hydrogen-bond acceptors (Lipinski definition) is 5. The fraction of sp³-hybridized carbons (Fsp3) is 0.667. The molecule has 0 aromatic carbocycles. The number of rotatable bonds is 4. The first-order valence-corrected chi connectivity index (χ1v) is 9.34. The Hall–Kier alpha value is -0.640. The number of alkyl halides is 1. The van der Waals surface area contributed by atoms with Gasteiger partial charge in [0.25, 0.3) is 10.0 Å². The molecule has 19 heavy (non-hydrogen) atoms. The number of nitrogens with one attached hydrogen (secondary N) is 1. The van der Waals surface area contributed by atoms with Crippen LogP contribution in [0.3, 0.4) is 0 Å². The molecule has 108 valence electrons. The number of hydrogen-bond donors (Lipinski definition) is 1. The molecule has 2 heterocycles. The number of aromatic amines is 1. The van der Waals surface area contributed by atoms with Gasteiger partial charge in [-0.2, -0.15) is 9.40 Å². The van der Waals surface area contributed by atoms with Gasteiger partial charge in [0.05, 0.1) is 23.6 Å². The molecule has 7 nitrogen and oxygen atoms in total. The standard InChI is InChI=1S/C9H14ClN3O4S2/c1-13(8-2-3-18(14,15)6-8)19(16,17)9-7(4-10)5-11-12-9/h5,8H,2-4,6H2,1H3,(H,11,12). The maximum absolute atomic E-state index is 12.4. The lowest BCUT2D eigenvalue weighted by Crippen LogP contribution is -2.38. The van der Waals surface area contributed by atoms with Crippen LogP contribution in [0.1, 0.15) is 12.0 Å². The van der Waals surface area contributed by atoms with Gasteiger partial charge in [0.1, 0.15) is 0 Å². The van der Waals surface area contributed by atoms with Crippen LogP contribution in [-0.4, -0.2) is 55.9 Å². The Morgan fingerprint density at radius 2 is 2.26 bits per heavy atom. The summed E-state index contributed by atoms with van der Waals surface area (Å²) in [6.45, 7) is 0. The zero-order valence-corrected chi connectivity index (χ0v) is 12.6. The minimum atomic E-state index is -3.81. The lowest BCUT2D eigenvalue weighted by molar-refractivity contribution is 0.392. The van der Waals surface area contributed by atoms with E-state index >= 15 is 0 Å². The lowest BCUT2D eigenvalue weighted by Gasteiger charge is -2.22. The maximum Gasteiger partial charge on any atom is 0.260 e. The smallest absolute Gasteiger partial charge is 0.260 e. The molecule has 0 amide bonds. The minimum Gasteiger partial charge on any atom is -0.266 e. The van der Waals surface area contributed by atoms with E-state index in [1.165, 1.54) is 13.2 Å². The Labute approximate surface area is 116 Å². The van der Waals surface area contributed by atoms with E-state index in [4.69, 9.17) is 11.6 Å². The van der Waals surface area contributed by atoms with Crippen molar-refractivity contribution in [1.82, 2.24) is 14.5 Å².